The molecule has 6 heteroatoms. The number of thiazole rings is 1. The van der Waals surface area contributed by atoms with Crippen LogP contribution in [0.4, 0.5) is 0 Å². The first kappa shape index (κ1) is 19.2. The number of aromatic nitrogens is 2. The Hall–Kier alpha value is -1.88. The first-order chi connectivity index (χ1) is 10.6. The summed E-state index contributed by atoms with van der Waals surface area (Å²) in [7, 11) is 0. The smallest absolute Gasteiger partial charge is 0.155 e. The number of allylic oxidation sites excluding steroid dienone is 2. The van der Waals surface area contributed by atoms with E-state index in [2.05, 4.69) is 16.0 Å². The Morgan fingerprint density at radius 1 is 1.13 bits per heavy atom. The maximum atomic E-state index is 10.0. The maximum Gasteiger partial charge on any atom is 0.155 e. The van der Waals surface area contributed by atoms with Crippen LogP contribution >= 0.6 is 11.3 Å². The third-order valence-electron chi connectivity index (χ3n) is 2.59. The Morgan fingerprint density at radius 2 is 1.83 bits per heavy atom. The first-order valence-electron chi connectivity index (χ1n) is 6.71. The van der Waals surface area contributed by atoms with Gasteiger partial charge in [-0.1, -0.05) is 18.2 Å². The van der Waals surface area contributed by atoms with E-state index in [-0.39, 0.29) is 31.6 Å². The number of aliphatic hydroxyl groups is 1. The summed E-state index contributed by atoms with van der Waals surface area (Å²) in [6.45, 7) is 2.85. The number of ketones is 1. The van der Waals surface area contributed by atoms with Gasteiger partial charge in [0, 0.05) is 32.4 Å². The molecule has 3 rings (SSSR count). The summed E-state index contributed by atoms with van der Waals surface area (Å²) in [5.74, 6) is -0.0625. The number of hydrogen-bond acceptors (Lipinski definition) is 5. The van der Waals surface area contributed by atoms with Crippen LogP contribution in [0, 0.1) is 0 Å². The van der Waals surface area contributed by atoms with E-state index in [1.165, 1.54) is 24.6 Å². The van der Waals surface area contributed by atoms with Gasteiger partial charge >= 0.3 is 0 Å². The number of pyridine rings is 1. The van der Waals surface area contributed by atoms with Crippen molar-refractivity contribution in [2.45, 2.75) is 13.8 Å². The molecule has 4 nitrogen and oxygen atoms in total. The van der Waals surface area contributed by atoms with E-state index in [0.717, 1.165) is 16.2 Å². The molecule has 2 heterocycles. The summed E-state index contributed by atoms with van der Waals surface area (Å²) in [5, 5.41) is 9.35. The van der Waals surface area contributed by atoms with E-state index in [4.69, 9.17) is 5.11 Å². The molecule has 3 aromatic rings. The second-order valence-corrected chi connectivity index (χ2v) is 5.63. The monoisotopic (exact) mass is 505 g/mol. The van der Waals surface area contributed by atoms with Crippen molar-refractivity contribution in [3.63, 3.8) is 0 Å². The quantitative estimate of drug-likeness (QED) is 0.415. The van der Waals surface area contributed by atoms with Gasteiger partial charge in [0.15, 0.2) is 5.78 Å². The number of carbonyl (C=O) groups is 1. The van der Waals surface area contributed by atoms with Gasteiger partial charge in [-0.15, -0.1) is 11.3 Å². The van der Waals surface area contributed by atoms with Gasteiger partial charge in [0.1, 0.15) is 5.01 Å². The molecule has 0 bridgehead atoms. The third-order valence-corrected chi connectivity index (χ3v) is 3.65. The van der Waals surface area contributed by atoms with E-state index < -0.39 is 0 Å². The fourth-order valence-corrected chi connectivity index (χ4v) is 2.71. The number of hydrogen-bond donors (Lipinski definition) is 1. The summed E-state index contributed by atoms with van der Waals surface area (Å²) < 4.78 is 1.21. The van der Waals surface area contributed by atoms with Crippen LogP contribution in [0.1, 0.15) is 13.8 Å². The zero-order valence-corrected chi connectivity index (χ0v) is 15.9. The van der Waals surface area contributed by atoms with Gasteiger partial charge in [0.25, 0.3) is 0 Å². The van der Waals surface area contributed by atoms with Gasteiger partial charge in [-0.2, -0.15) is 0 Å². The van der Waals surface area contributed by atoms with Crippen LogP contribution in [-0.2, 0) is 24.9 Å². The Kier molecular flexibility index (Phi) is 7.75. The van der Waals surface area contributed by atoms with Crippen molar-refractivity contribution < 1.29 is 30.0 Å². The predicted octanol–water partition coefficient (Wildman–Crippen LogP) is 4.39. The number of nitrogens with zero attached hydrogens (tertiary/aromatic N) is 2. The maximum absolute atomic E-state index is 10.0. The van der Waals surface area contributed by atoms with Crippen molar-refractivity contribution in [2.24, 2.45) is 0 Å². The topological polar surface area (TPSA) is 63.1 Å². The van der Waals surface area contributed by atoms with Gasteiger partial charge in [0.2, 0.25) is 0 Å². The van der Waals surface area contributed by atoms with Crippen molar-refractivity contribution in [1.29, 1.82) is 0 Å². The molecule has 1 radical (unpaired) electrons. The molecule has 0 amide bonds. The van der Waals surface area contributed by atoms with E-state index >= 15 is 0 Å². The van der Waals surface area contributed by atoms with E-state index in [0.29, 0.717) is 0 Å². The fourth-order valence-electron chi connectivity index (χ4n) is 1.77. The first-order valence-corrected chi connectivity index (χ1v) is 7.52. The number of benzene rings is 1. The van der Waals surface area contributed by atoms with Crippen LogP contribution in [0.5, 0.6) is 0 Å². The largest absolute Gasteiger partial charge is 0.512 e. The SMILES string of the molecule is CC(=O)/C=C(/C)O.[Ir].c1ccc(-c2nc3ccccc3s2)nc1. The Balaban J connectivity index is 0.000000287. The van der Waals surface area contributed by atoms with Crippen LogP contribution in [0.25, 0.3) is 20.9 Å². The third kappa shape index (κ3) is 6.02. The van der Waals surface area contributed by atoms with Crippen molar-refractivity contribution in [2.75, 3.05) is 0 Å². The molecule has 0 aliphatic heterocycles. The second-order valence-electron chi connectivity index (χ2n) is 4.60. The van der Waals surface area contributed by atoms with Crippen molar-refractivity contribution in [3.05, 3.63) is 60.5 Å². The van der Waals surface area contributed by atoms with Crippen molar-refractivity contribution in [1.82, 2.24) is 9.97 Å². The van der Waals surface area contributed by atoms with E-state index in [1.807, 2.05) is 36.4 Å². The van der Waals surface area contributed by atoms with Crippen LogP contribution in [0.2, 0.25) is 0 Å². The Labute approximate surface area is 152 Å². The van der Waals surface area contributed by atoms with Crippen molar-refractivity contribution >= 4 is 27.3 Å². The molecule has 23 heavy (non-hydrogen) atoms. The molecule has 2 aromatic heterocycles. The molecular weight excluding hydrogens is 488 g/mol. The Bertz CT molecular complexity index is 763. The molecular formula is C17H16IrN2O2S. The molecule has 0 saturated carbocycles. The molecule has 0 unspecified atom stereocenters. The van der Waals surface area contributed by atoms with Gasteiger partial charge in [-0.05, 0) is 38.1 Å². The van der Waals surface area contributed by atoms with Gasteiger partial charge in [-0.25, -0.2) is 4.98 Å². The van der Waals surface area contributed by atoms with Crippen LogP contribution in [-0.4, -0.2) is 20.9 Å². The molecule has 0 spiro atoms. The molecule has 0 aliphatic rings. The molecule has 0 aliphatic carbocycles. The zero-order chi connectivity index (χ0) is 15.9. The van der Waals surface area contributed by atoms with Crippen LogP contribution < -0.4 is 0 Å². The van der Waals surface area contributed by atoms with Crippen molar-refractivity contribution in [3.8, 4) is 10.7 Å². The normalized spacial score (nSPS) is 10.4. The van der Waals surface area contributed by atoms with Gasteiger partial charge in [-0.3, -0.25) is 9.78 Å². The summed E-state index contributed by atoms with van der Waals surface area (Å²) in [6, 6.07) is 14.0. The standard InChI is InChI=1S/C12H8N2S.C5H8O2.Ir/c1-2-7-11-9(5-1)14-12(15-11)10-6-3-4-8-13-10;1-4(6)3-5(2)7;/h1-8H;3,6H,1-2H3;/b;4-3-;. The summed E-state index contributed by atoms with van der Waals surface area (Å²) in [4.78, 5) is 18.8. The van der Waals surface area contributed by atoms with Crippen LogP contribution in [0.15, 0.2) is 60.5 Å². The molecule has 1 N–H and O–H groups in total. The summed E-state index contributed by atoms with van der Waals surface area (Å²) in [5.41, 5.74) is 1.99. The number of rotatable bonds is 2. The number of fused-ring (bicyclic) bond motifs is 1. The molecule has 1 aromatic carbocycles. The number of para-hydroxylation sites is 1. The number of carbonyl (C=O) groups excluding carboxylic acids is 1. The molecule has 0 fully saturated rings. The van der Waals surface area contributed by atoms with Gasteiger partial charge in [0.05, 0.1) is 21.7 Å². The second kappa shape index (κ2) is 9.30. The fraction of sp³-hybridized carbons (Fsp3) is 0.118. The Morgan fingerprint density at radius 3 is 2.35 bits per heavy atom. The molecule has 0 saturated heterocycles. The summed E-state index contributed by atoms with van der Waals surface area (Å²) >= 11 is 1.68. The zero-order valence-electron chi connectivity index (χ0n) is 12.7. The molecule has 121 valence electrons. The van der Waals surface area contributed by atoms with E-state index in [9.17, 15) is 4.79 Å². The van der Waals surface area contributed by atoms with Crippen LogP contribution in [0.3, 0.4) is 0 Å². The van der Waals surface area contributed by atoms with E-state index in [1.54, 1.807) is 17.5 Å². The average molecular weight is 505 g/mol. The predicted molar refractivity (Wildman–Crippen MR) is 89.9 cm³/mol. The number of aliphatic hydroxyl groups excluding tert-OH is 1. The summed E-state index contributed by atoms with van der Waals surface area (Å²) in [6.07, 6.45) is 2.96. The van der Waals surface area contributed by atoms with Gasteiger partial charge < -0.3 is 5.11 Å². The minimum Gasteiger partial charge on any atom is -0.512 e. The minimum absolute atomic E-state index is 0. The average Bonchev–Trinajstić information content (AvgIpc) is 2.91. The minimum atomic E-state index is -0.125. The molecule has 0 atom stereocenters.